The number of anilines is 1. The molecule has 3 rings (SSSR count). The summed E-state index contributed by atoms with van der Waals surface area (Å²) in [6, 6.07) is 8.05. The molecule has 5 heteroatoms. The summed E-state index contributed by atoms with van der Waals surface area (Å²) in [7, 11) is 0. The average molecular weight is 332 g/mol. The van der Waals surface area contributed by atoms with Gasteiger partial charge in [-0.2, -0.15) is 5.10 Å². The van der Waals surface area contributed by atoms with Gasteiger partial charge in [-0.3, -0.25) is 9.48 Å². The lowest BCUT2D eigenvalue weighted by Gasteiger charge is -2.09. The lowest BCUT2D eigenvalue weighted by Crippen LogP contribution is -2.16. The molecule has 0 radical (unpaired) electrons. The zero-order valence-corrected chi connectivity index (χ0v) is 14.7. The van der Waals surface area contributed by atoms with Gasteiger partial charge in [0.05, 0.1) is 17.1 Å². The Bertz CT molecular complexity index is 733. The second-order valence-electron chi connectivity index (χ2n) is 6.57. The minimum atomic E-state index is 0.0392. The minimum Gasteiger partial charge on any atom is -0.323 e. The highest BCUT2D eigenvalue weighted by molar-refractivity contribution is 6.30. The molecule has 1 amide bonds. The van der Waals surface area contributed by atoms with Crippen molar-refractivity contribution in [3.05, 3.63) is 46.2 Å². The molecule has 1 aromatic heterocycles. The van der Waals surface area contributed by atoms with Crippen LogP contribution in [-0.4, -0.2) is 15.7 Å². The molecule has 122 valence electrons. The van der Waals surface area contributed by atoms with Crippen molar-refractivity contribution in [2.45, 2.75) is 46.1 Å². The predicted molar refractivity (Wildman–Crippen MR) is 93.0 cm³/mol. The van der Waals surface area contributed by atoms with Gasteiger partial charge in [-0.05, 0) is 57.7 Å². The fourth-order valence-electron chi connectivity index (χ4n) is 3.13. The van der Waals surface area contributed by atoms with Crippen molar-refractivity contribution in [1.82, 2.24) is 9.78 Å². The lowest BCUT2D eigenvalue weighted by atomic mass is 10.1. The van der Waals surface area contributed by atoms with Gasteiger partial charge >= 0.3 is 0 Å². The lowest BCUT2D eigenvalue weighted by molar-refractivity contribution is -0.117. The van der Waals surface area contributed by atoms with Crippen LogP contribution in [-0.2, 0) is 4.79 Å². The Morgan fingerprint density at radius 1 is 1.30 bits per heavy atom. The zero-order valence-electron chi connectivity index (χ0n) is 13.9. The molecule has 4 nitrogen and oxygen atoms in total. The third-order valence-electron chi connectivity index (χ3n) is 4.49. The molecule has 0 unspecified atom stereocenters. The molecule has 1 N–H and O–H groups in total. The number of rotatable bonds is 4. The third kappa shape index (κ3) is 3.13. The fourth-order valence-corrected chi connectivity index (χ4v) is 3.25. The second kappa shape index (κ2) is 6.00. The van der Waals surface area contributed by atoms with Gasteiger partial charge in [0.15, 0.2) is 0 Å². The van der Waals surface area contributed by atoms with Crippen molar-refractivity contribution in [3.63, 3.8) is 0 Å². The van der Waals surface area contributed by atoms with Gasteiger partial charge in [-0.1, -0.05) is 23.7 Å². The first-order valence-corrected chi connectivity index (χ1v) is 8.38. The summed E-state index contributed by atoms with van der Waals surface area (Å²) in [5, 5.41) is 8.32. The number of nitrogens with one attached hydrogen (secondary N) is 1. The van der Waals surface area contributed by atoms with Crippen molar-refractivity contribution in [2.75, 3.05) is 5.32 Å². The van der Waals surface area contributed by atoms with Gasteiger partial charge in [-0.25, -0.2) is 0 Å². The number of nitrogens with zero attached hydrogens (tertiary/aromatic N) is 2. The van der Waals surface area contributed by atoms with E-state index in [1.165, 1.54) is 5.56 Å². The van der Waals surface area contributed by atoms with Gasteiger partial charge in [-0.15, -0.1) is 0 Å². The number of carbonyl (C=O) groups is 1. The molecule has 1 aliphatic rings. The van der Waals surface area contributed by atoms with Gasteiger partial charge in [0.1, 0.15) is 0 Å². The van der Waals surface area contributed by atoms with E-state index in [2.05, 4.69) is 24.3 Å². The number of benzene rings is 1. The van der Waals surface area contributed by atoms with Gasteiger partial charge < -0.3 is 5.32 Å². The van der Waals surface area contributed by atoms with Crippen LogP contribution in [0.5, 0.6) is 0 Å². The molecular weight excluding hydrogens is 310 g/mol. The van der Waals surface area contributed by atoms with E-state index in [0.717, 1.165) is 28.5 Å². The van der Waals surface area contributed by atoms with Crippen LogP contribution in [0.15, 0.2) is 24.3 Å². The van der Waals surface area contributed by atoms with Crippen molar-refractivity contribution in [2.24, 2.45) is 5.92 Å². The van der Waals surface area contributed by atoms with E-state index >= 15 is 0 Å². The molecule has 0 saturated heterocycles. The summed E-state index contributed by atoms with van der Waals surface area (Å²) in [6.07, 6.45) is 0.893. The number of aryl methyl sites for hydroxylation is 1. The summed E-state index contributed by atoms with van der Waals surface area (Å²) >= 11 is 5.92. The zero-order chi connectivity index (χ0) is 16.7. The number of halogens is 1. The van der Waals surface area contributed by atoms with Crippen LogP contribution in [0.1, 0.15) is 49.2 Å². The summed E-state index contributed by atoms with van der Waals surface area (Å²) in [6.45, 7) is 8.11. The second-order valence-corrected chi connectivity index (χ2v) is 7.01. The Balaban J connectivity index is 1.71. The normalized spacial score (nSPS) is 19.9. The summed E-state index contributed by atoms with van der Waals surface area (Å²) in [5.74, 6) is 0.421. The van der Waals surface area contributed by atoms with Gasteiger partial charge in [0.2, 0.25) is 5.91 Å². The molecule has 1 heterocycles. The number of aromatic nitrogens is 2. The van der Waals surface area contributed by atoms with E-state index in [0.29, 0.717) is 5.92 Å². The van der Waals surface area contributed by atoms with Crippen molar-refractivity contribution in [1.29, 1.82) is 0 Å². The first kappa shape index (κ1) is 16.1. The number of carbonyl (C=O) groups excluding carboxylic acids is 1. The number of hydrogen-bond donors (Lipinski definition) is 1. The average Bonchev–Trinajstić information content (AvgIpc) is 3.25. The molecule has 2 aromatic rings. The largest absolute Gasteiger partial charge is 0.323 e. The van der Waals surface area contributed by atoms with Crippen LogP contribution in [0.25, 0.3) is 0 Å². The molecule has 2 atom stereocenters. The van der Waals surface area contributed by atoms with Crippen LogP contribution >= 0.6 is 11.6 Å². The van der Waals surface area contributed by atoms with Crippen LogP contribution in [0.3, 0.4) is 0 Å². The Morgan fingerprint density at radius 2 is 1.96 bits per heavy atom. The third-order valence-corrected chi connectivity index (χ3v) is 4.74. The molecule has 0 aliphatic heterocycles. The quantitative estimate of drug-likeness (QED) is 0.898. The van der Waals surface area contributed by atoms with E-state index < -0.39 is 0 Å². The molecule has 1 fully saturated rings. The monoisotopic (exact) mass is 331 g/mol. The summed E-state index contributed by atoms with van der Waals surface area (Å²) in [5.41, 5.74) is 3.91. The highest BCUT2D eigenvalue weighted by atomic mass is 35.5. The predicted octanol–water partition coefficient (Wildman–Crippen LogP) is 4.48. The molecule has 0 spiro atoms. The van der Waals surface area contributed by atoms with Gasteiger partial charge in [0, 0.05) is 17.0 Å². The molecule has 0 bridgehead atoms. The first-order valence-electron chi connectivity index (χ1n) is 8.00. The highest BCUT2D eigenvalue weighted by Crippen LogP contribution is 2.48. The maximum absolute atomic E-state index is 12.5. The molecule has 1 saturated carbocycles. The van der Waals surface area contributed by atoms with E-state index in [1.54, 1.807) is 0 Å². The first-order chi connectivity index (χ1) is 10.9. The van der Waals surface area contributed by atoms with Crippen LogP contribution in [0.4, 0.5) is 5.69 Å². The van der Waals surface area contributed by atoms with Crippen molar-refractivity contribution < 1.29 is 4.79 Å². The number of amides is 1. The Kier molecular flexibility index (Phi) is 4.19. The standard InChI is InChI=1S/C18H22ClN3O/c1-10(2)22-12(4)17(11(3)21-22)20-18(23)16-9-15(16)13-5-7-14(19)8-6-13/h5-8,10,15-16H,9H2,1-4H3,(H,20,23)/t15-,16+/m0/s1. The Hall–Kier alpha value is -1.81. The highest BCUT2D eigenvalue weighted by Gasteiger charge is 2.44. The topological polar surface area (TPSA) is 46.9 Å². The molecular formula is C18H22ClN3O. The van der Waals surface area contributed by atoms with Gasteiger partial charge in [0.25, 0.3) is 0 Å². The van der Waals surface area contributed by atoms with E-state index in [9.17, 15) is 4.79 Å². The fraction of sp³-hybridized carbons (Fsp3) is 0.444. The summed E-state index contributed by atoms with van der Waals surface area (Å²) in [4.78, 5) is 12.5. The van der Waals surface area contributed by atoms with E-state index in [-0.39, 0.29) is 17.9 Å². The summed E-state index contributed by atoms with van der Waals surface area (Å²) < 4.78 is 1.95. The van der Waals surface area contributed by atoms with Crippen molar-refractivity contribution in [3.8, 4) is 0 Å². The van der Waals surface area contributed by atoms with Crippen LogP contribution in [0, 0.1) is 19.8 Å². The smallest absolute Gasteiger partial charge is 0.228 e. The molecule has 23 heavy (non-hydrogen) atoms. The molecule has 1 aliphatic carbocycles. The van der Waals surface area contributed by atoms with E-state index in [4.69, 9.17) is 11.6 Å². The Morgan fingerprint density at radius 3 is 2.52 bits per heavy atom. The minimum absolute atomic E-state index is 0.0392. The van der Waals surface area contributed by atoms with Crippen LogP contribution < -0.4 is 5.32 Å². The maximum Gasteiger partial charge on any atom is 0.228 e. The van der Waals surface area contributed by atoms with Crippen molar-refractivity contribution >= 4 is 23.2 Å². The van der Waals surface area contributed by atoms with Crippen LogP contribution in [0.2, 0.25) is 5.02 Å². The SMILES string of the molecule is Cc1nn(C(C)C)c(C)c1NC(=O)[C@@H]1C[C@H]1c1ccc(Cl)cc1. The molecule has 1 aromatic carbocycles. The van der Waals surface area contributed by atoms with E-state index in [1.807, 2.05) is 42.8 Å². The maximum atomic E-state index is 12.5. The Labute approximate surface area is 141 Å². The number of hydrogen-bond acceptors (Lipinski definition) is 2.